The molecule has 0 bridgehead atoms. The maximum absolute atomic E-state index is 13.3. The van der Waals surface area contributed by atoms with Crippen molar-refractivity contribution in [1.82, 2.24) is 15.0 Å². The molecule has 0 aliphatic carbocycles. The first-order chi connectivity index (χ1) is 10.0. The monoisotopic (exact) mass is 282 g/mol. The topological polar surface area (TPSA) is 56.7 Å². The van der Waals surface area contributed by atoms with E-state index in [1.54, 1.807) is 23.7 Å². The predicted octanol–water partition coefficient (Wildman–Crippen LogP) is 3.27. The Bertz CT molecular complexity index is 808. The van der Waals surface area contributed by atoms with Crippen molar-refractivity contribution in [3.63, 3.8) is 0 Å². The molecule has 0 atom stereocenters. The Kier molecular flexibility index (Phi) is 3.17. The fourth-order valence-electron chi connectivity index (χ4n) is 2.19. The van der Waals surface area contributed by atoms with Gasteiger partial charge in [0.25, 0.3) is 0 Å². The van der Waals surface area contributed by atoms with Gasteiger partial charge >= 0.3 is 0 Å². The van der Waals surface area contributed by atoms with Crippen LogP contribution in [0.25, 0.3) is 16.9 Å². The van der Waals surface area contributed by atoms with Gasteiger partial charge in [0.1, 0.15) is 11.5 Å². The highest BCUT2D eigenvalue weighted by Gasteiger charge is 2.09. The lowest BCUT2D eigenvalue weighted by Crippen LogP contribution is -1.99. The van der Waals surface area contributed by atoms with Gasteiger partial charge in [0.15, 0.2) is 0 Å². The fraction of sp³-hybridized carbons (Fsp3) is 0.125. The second-order valence-electron chi connectivity index (χ2n) is 5.06. The predicted molar refractivity (Wildman–Crippen MR) is 80.6 cm³/mol. The van der Waals surface area contributed by atoms with Crippen LogP contribution < -0.4 is 5.73 Å². The van der Waals surface area contributed by atoms with Crippen LogP contribution >= 0.6 is 0 Å². The molecule has 3 aromatic rings. The molecule has 0 aliphatic rings. The summed E-state index contributed by atoms with van der Waals surface area (Å²) in [6, 6.07) is 10.5. The van der Waals surface area contributed by atoms with E-state index in [0.717, 1.165) is 16.8 Å². The van der Waals surface area contributed by atoms with Crippen molar-refractivity contribution in [3.05, 3.63) is 59.5 Å². The Labute approximate surface area is 122 Å². The van der Waals surface area contributed by atoms with E-state index in [9.17, 15) is 4.39 Å². The minimum absolute atomic E-state index is 0.224. The third-order valence-corrected chi connectivity index (χ3v) is 3.43. The van der Waals surface area contributed by atoms with Gasteiger partial charge in [-0.15, -0.1) is 5.10 Å². The lowest BCUT2D eigenvalue weighted by atomic mass is 10.1. The number of rotatable bonds is 2. The largest absolute Gasteiger partial charge is 0.399 e. The molecule has 1 aromatic heterocycles. The highest BCUT2D eigenvalue weighted by atomic mass is 19.1. The molecule has 0 unspecified atom stereocenters. The van der Waals surface area contributed by atoms with Gasteiger partial charge in [-0.05, 0) is 55.3 Å². The van der Waals surface area contributed by atoms with Gasteiger partial charge in [-0.2, -0.15) is 0 Å². The summed E-state index contributed by atoms with van der Waals surface area (Å²) in [5.41, 5.74) is 10.5. The number of nitrogens with two attached hydrogens (primary N) is 1. The summed E-state index contributed by atoms with van der Waals surface area (Å²) in [4.78, 5) is 0. The summed E-state index contributed by atoms with van der Waals surface area (Å²) in [5, 5.41) is 8.29. The van der Waals surface area contributed by atoms with Gasteiger partial charge in [-0.25, -0.2) is 9.07 Å². The van der Waals surface area contributed by atoms with Crippen LogP contribution in [-0.4, -0.2) is 15.0 Å². The molecule has 1 heterocycles. The second-order valence-corrected chi connectivity index (χ2v) is 5.06. The normalized spacial score (nSPS) is 10.8. The van der Waals surface area contributed by atoms with Crippen LogP contribution in [0.3, 0.4) is 0 Å². The van der Waals surface area contributed by atoms with E-state index in [0.29, 0.717) is 16.9 Å². The first-order valence-corrected chi connectivity index (χ1v) is 6.60. The van der Waals surface area contributed by atoms with Crippen LogP contribution in [0.5, 0.6) is 0 Å². The molecule has 4 nitrogen and oxygen atoms in total. The fourth-order valence-corrected chi connectivity index (χ4v) is 2.19. The zero-order valence-corrected chi connectivity index (χ0v) is 11.8. The molecule has 0 saturated carbocycles. The molecular formula is C16H15FN4. The summed E-state index contributed by atoms with van der Waals surface area (Å²) in [7, 11) is 0. The minimum Gasteiger partial charge on any atom is -0.399 e. The Morgan fingerprint density at radius 1 is 1.05 bits per heavy atom. The first-order valence-electron chi connectivity index (χ1n) is 6.60. The molecular weight excluding hydrogens is 267 g/mol. The molecule has 0 amide bonds. The summed E-state index contributed by atoms with van der Waals surface area (Å²) in [6.45, 7) is 3.71. The summed E-state index contributed by atoms with van der Waals surface area (Å²) in [5.74, 6) is -0.224. The number of nitrogens with zero attached hydrogens (tertiary/aromatic N) is 3. The molecule has 106 valence electrons. The Morgan fingerprint density at radius 3 is 2.62 bits per heavy atom. The molecule has 0 aliphatic heterocycles. The molecule has 2 N–H and O–H groups in total. The maximum atomic E-state index is 13.3. The van der Waals surface area contributed by atoms with Crippen molar-refractivity contribution in [1.29, 1.82) is 0 Å². The van der Waals surface area contributed by atoms with Crippen LogP contribution in [0.2, 0.25) is 0 Å². The SMILES string of the molecule is Cc1cc(-c2cn(-c3cc(N)ccc3C)nn2)ccc1F. The quantitative estimate of drug-likeness (QED) is 0.734. The van der Waals surface area contributed by atoms with Gasteiger partial charge in [0.05, 0.1) is 11.9 Å². The van der Waals surface area contributed by atoms with E-state index in [1.807, 2.05) is 31.3 Å². The Morgan fingerprint density at radius 2 is 1.86 bits per heavy atom. The lowest BCUT2D eigenvalue weighted by molar-refractivity contribution is 0.619. The lowest BCUT2D eigenvalue weighted by Gasteiger charge is -2.05. The van der Waals surface area contributed by atoms with E-state index in [1.165, 1.54) is 6.07 Å². The second kappa shape index (κ2) is 5.01. The number of anilines is 1. The van der Waals surface area contributed by atoms with E-state index in [4.69, 9.17) is 5.73 Å². The minimum atomic E-state index is -0.224. The number of aromatic nitrogens is 3. The van der Waals surface area contributed by atoms with Crippen LogP contribution in [0, 0.1) is 19.7 Å². The molecule has 5 heteroatoms. The molecule has 3 rings (SSSR count). The van der Waals surface area contributed by atoms with E-state index >= 15 is 0 Å². The number of hydrogen-bond donors (Lipinski definition) is 1. The van der Waals surface area contributed by atoms with E-state index in [-0.39, 0.29) is 5.82 Å². The molecule has 0 fully saturated rings. The highest BCUT2D eigenvalue weighted by Crippen LogP contribution is 2.22. The molecule has 0 radical (unpaired) electrons. The Hall–Kier alpha value is -2.69. The van der Waals surface area contributed by atoms with Crippen molar-refractivity contribution < 1.29 is 4.39 Å². The van der Waals surface area contributed by atoms with Crippen LogP contribution in [0.4, 0.5) is 10.1 Å². The molecule has 0 saturated heterocycles. The average Bonchev–Trinajstić information content (AvgIpc) is 2.94. The van der Waals surface area contributed by atoms with Crippen LogP contribution in [0.15, 0.2) is 42.6 Å². The van der Waals surface area contributed by atoms with Crippen LogP contribution in [-0.2, 0) is 0 Å². The molecule has 2 aromatic carbocycles. The smallest absolute Gasteiger partial charge is 0.126 e. The number of nitrogen functional groups attached to an aromatic ring is 1. The van der Waals surface area contributed by atoms with Gasteiger partial charge in [0.2, 0.25) is 0 Å². The number of benzene rings is 2. The summed E-state index contributed by atoms with van der Waals surface area (Å²) < 4.78 is 15.0. The molecule has 0 spiro atoms. The van der Waals surface area contributed by atoms with Gasteiger partial charge in [-0.1, -0.05) is 11.3 Å². The zero-order chi connectivity index (χ0) is 15.0. The highest BCUT2D eigenvalue weighted by molar-refractivity contribution is 5.60. The van der Waals surface area contributed by atoms with Gasteiger partial charge in [0, 0.05) is 11.3 Å². The van der Waals surface area contributed by atoms with Crippen molar-refractivity contribution in [2.45, 2.75) is 13.8 Å². The third kappa shape index (κ3) is 2.50. The number of halogens is 1. The van der Waals surface area contributed by atoms with Crippen molar-refractivity contribution in [3.8, 4) is 16.9 Å². The number of aryl methyl sites for hydroxylation is 2. The van der Waals surface area contributed by atoms with Crippen molar-refractivity contribution in [2.75, 3.05) is 5.73 Å². The average molecular weight is 282 g/mol. The van der Waals surface area contributed by atoms with Crippen molar-refractivity contribution in [2.24, 2.45) is 0 Å². The number of hydrogen-bond acceptors (Lipinski definition) is 3. The van der Waals surface area contributed by atoms with Gasteiger partial charge in [-0.3, -0.25) is 0 Å². The van der Waals surface area contributed by atoms with Crippen LogP contribution in [0.1, 0.15) is 11.1 Å². The summed E-state index contributed by atoms with van der Waals surface area (Å²) >= 11 is 0. The van der Waals surface area contributed by atoms with E-state index < -0.39 is 0 Å². The summed E-state index contributed by atoms with van der Waals surface area (Å²) in [6.07, 6.45) is 1.81. The standard InChI is InChI=1S/C16H15FN4/c1-10-3-5-13(18)8-16(10)21-9-15(19-20-21)12-4-6-14(17)11(2)7-12/h3-9H,18H2,1-2H3. The first kappa shape index (κ1) is 13.3. The molecule has 21 heavy (non-hydrogen) atoms. The van der Waals surface area contributed by atoms with E-state index in [2.05, 4.69) is 10.3 Å². The Balaban J connectivity index is 2.03. The van der Waals surface area contributed by atoms with Gasteiger partial charge < -0.3 is 5.73 Å². The van der Waals surface area contributed by atoms with Crippen molar-refractivity contribution >= 4 is 5.69 Å². The third-order valence-electron chi connectivity index (χ3n) is 3.43. The zero-order valence-electron chi connectivity index (χ0n) is 11.8. The maximum Gasteiger partial charge on any atom is 0.126 e.